The number of rotatable bonds is 2. The van der Waals surface area contributed by atoms with Crippen LogP contribution in [0.4, 0.5) is 10.1 Å². The van der Waals surface area contributed by atoms with E-state index in [9.17, 15) is 9.18 Å². The molecule has 1 saturated heterocycles. The maximum absolute atomic E-state index is 13.3. The summed E-state index contributed by atoms with van der Waals surface area (Å²) in [5, 5.41) is 5.50. The number of benzene rings is 1. The summed E-state index contributed by atoms with van der Waals surface area (Å²) in [7, 11) is 0. The summed E-state index contributed by atoms with van der Waals surface area (Å²) in [6.07, 6.45) is 0.807. The molecule has 1 atom stereocenters. The molecule has 0 radical (unpaired) electrons. The first-order chi connectivity index (χ1) is 7.16. The van der Waals surface area contributed by atoms with Gasteiger partial charge in [-0.15, -0.1) is 12.4 Å². The highest BCUT2D eigenvalue weighted by Gasteiger charge is 2.24. The molecule has 0 spiro atoms. The van der Waals surface area contributed by atoms with Gasteiger partial charge in [0.1, 0.15) is 5.82 Å². The second kappa shape index (κ2) is 5.61. The normalized spacial score (nSPS) is 18.2. The quantitative estimate of drug-likeness (QED) is 0.880. The number of carbonyl (C=O) groups excluding carboxylic acids is 1. The molecule has 2 N–H and O–H groups in total. The number of anilines is 1. The Morgan fingerprint density at radius 1 is 1.56 bits per heavy atom. The van der Waals surface area contributed by atoms with Gasteiger partial charge < -0.3 is 10.6 Å². The second-order valence-electron chi connectivity index (χ2n) is 3.41. The van der Waals surface area contributed by atoms with Gasteiger partial charge >= 0.3 is 0 Å². The van der Waals surface area contributed by atoms with Gasteiger partial charge in [0.15, 0.2) is 0 Å². The van der Waals surface area contributed by atoms with Gasteiger partial charge in [0.25, 0.3) is 0 Å². The predicted octanol–water partition coefficient (Wildman–Crippen LogP) is 2.31. The molecule has 1 amide bonds. The topological polar surface area (TPSA) is 41.1 Å². The van der Waals surface area contributed by atoms with Crippen LogP contribution in [-0.4, -0.2) is 18.5 Å². The molecule has 88 valence electrons. The van der Waals surface area contributed by atoms with Crippen LogP contribution in [0.1, 0.15) is 6.42 Å². The second-order valence-corrected chi connectivity index (χ2v) is 4.32. The third-order valence-electron chi connectivity index (χ3n) is 2.33. The SMILES string of the molecule is Cl.O=C(Nc1cc(Br)ccc1F)[C@H]1CCN1. The van der Waals surface area contributed by atoms with Crippen molar-refractivity contribution in [1.82, 2.24) is 5.32 Å². The number of carbonyl (C=O) groups is 1. The fourth-order valence-electron chi connectivity index (χ4n) is 1.33. The third kappa shape index (κ3) is 2.93. The molecule has 0 aromatic heterocycles. The van der Waals surface area contributed by atoms with Crippen molar-refractivity contribution in [3.05, 3.63) is 28.5 Å². The zero-order chi connectivity index (χ0) is 10.8. The molecule has 1 heterocycles. The lowest BCUT2D eigenvalue weighted by Gasteiger charge is -2.26. The Labute approximate surface area is 107 Å². The van der Waals surface area contributed by atoms with Gasteiger partial charge in [-0.3, -0.25) is 4.79 Å². The molecular formula is C10H11BrClFN2O. The molecule has 1 aliphatic heterocycles. The average Bonchev–Trinajstić information content (AvgIpc) is 2.08. The number of nitrogens with one attached hydrogen (secondary N) is 2. The van der Waals surface area contributed by atoms with E-state index in [1.54, 1.807) is 12.1 Å². The highest BCUT2D eigenvalue weighted by atomic mass is 79.9. The van der Waals surface area contributed by atoms with Crippen molar-refractivity contribution in [2.45, 2.75) is 12.5 Å². The Morgan fingerprint density at radius 2 is 2.25 bits per heavy atom. The van der Waals surface area contributed by atoms with Crippen LogP contribution in [-0.2, 0) is 4.79 Å². The van der Waals surface area contributed by atoms with Crippen molar-refractivity contribution in [2.75, 3.05) is 11.9 Å². The van der Waals surface area contributed by atoms with Crippen LogP contribution >= 0.6 is 28.3 Å². The summed E-state index contributed by atoms with van der Waals surface area (Å²) in [5.41, 5.74) is 0.211. The van der Waals surface area contributed by atoms with Crippen molar-refractivity contribution in [1.29, 1.82) is 0 Å². The van der Waals surface area contributed by atoms with Crippen molar-refractivity contribution in [2.24, 2.45) is 0 Å². The van der Waals surface area contributed by atoms with E-state index in [1.165, 1.54) is 6.07 Å². The van der Waals surface area contributed by atoms with E-state index >= 15 is 0 Å². The first-order valence-electron chi connectivity index (χ1n) is 4.66. The van der Waals surface area contributed by atoms with Gasteiger partial charge in [-0.25, -0.2) is 4.39 Å². The average molecular weight is 310 g/mol. The van der Waals surface area contributed by atoms with E-state index < -0.39 is 5.82 Å². The highest BCUT2D eigenvalue weighted by molar-refractivity contribution is 9.10. The van der Waals surface area contributed by atoms with E-state index in [2.05, 4.69) is 26.6 Å². The summed E-state index contributed by atoms with van der Waals surface area (Å²) in [5.74, 6) is -0.607. The van der Waals surface area contributed by atoms with Crippen LogP contribution in [0, 0.1) is 5.82 Å². The molecular weight excluding hydrogens is 298 g/mol. The summed E-state index contributed by atoms with van der Waals surface area (Å²) in [4.78, 5) is 11.5. The molecule has 1 aromatic rings. The first-order valence-corrected chi connectivity index (χ1v) is 5.45. The lowest BCUT2D eigenvalue weighted by molar-refractivity contribution is -0.119. The number of hydrogen-bond acceptors (Lipinski definition) is 2. The lowest BCUT2D eigenvalue weighted by Crippen LogP contribution is -2.50. The summed E-state index contributed by atoms with van der Waals surface area (Å²) in [6, 6.07) is 4.27. The number of amides is 1. The Balaban J connectivity index is 0.00000128. The molecule has 3 nitrogen and oxygen atoms in total. The molecule has 6 heteroatoms. The predicted molar refractivity (Wildman–Crippen MR) is 66.4 cm³/mol. The van der Waals surface area contributed by atoms with E-state index in [4.69, 9.17) is 0 Å². The van der Waals surface area contributed by atoms with Crippen LogP contribution in [0.15, 0.2) is 22.7 Å². The standard InChI is InChI=1S/C10H10BrFN2O.ClH/c11-6-1-2-7(12)9(5-6)14-10(15)8-3-4-13-8;/h1-2,5,8,13H,3-4H2,(H,14,15);1H/t8-;/m1./s1. The third-order valence-corrected chi connectivity index (χ3v) is 2.82. The highest BCUT2D eigenvalue weighted by Crippen LogP contribution is 2.20. The van der Waals surface area contributed by atoms with Gasteiger partial charge in [-0.05, 0) is 31.2 Å². The maximum Gasteiger partial charge on any atom is 0.241 e. The molecule has 16 heavy (non-hydrogen) atoms. The fraction of sp³-hybridized carbons (Fsp3) is 0.300. The Morgan fingerprint density at radius 3 is 2.81 bits per heavy atom. The van der Waals surface area contributed by atoms with Crippen molar-refractivity contribution in [3.63, 3.8) is 0 Å². The van der Waals surface area contributed by atoms with Gasteiger partial charge in [0.05, 0.1) is 11.7 Å². The minimum atomic E-state index is -0.425. The summed E-state index contributed by atoms with van der Waals surface area (Å²) in [6.45, 7) is 0.846. The summed E-state index contributed by atoms with van der Waals surface area (Å²) >= 11 is 3.22. The van der Waals surface area contributed by atoms with Gasteiger partial charge in [-0.2, -0.15) is 0 Å². The molecule has 0 bridgehead atoms. The van der Waals surface area contributed by atoms with E-state index in [1.807, 2.05) is 0 Å². The van der Waals surface area contributed by atoms with Crippen LogP contribution in [0.25, 0.3) is 0 Å². The van der Waals surface area contributed by atoms with Crippen molar-refractivity contribution >= 4 is 39.9 Å². The monoisotopic (exact) mass is 308 g/mol. The van der Waals surface area contributed by atoms with Gasteiger partial charge in [-0.1, -0.05) is 15.9 Å². The molecule has 0 aliphatic carbocycles. The lowest BCUT2D eigenvalue weighted by atomic mass is 10.1. The van der Waals surface area contributed by atoms with Gasteiger partial charge in [0.2, 0.25) is 5.91 Å². The smallest absolute Gasteiger partial charge is 0.241 e. The molecule has 2 rings (SSSR count). The zero-order valence-electron chi connectivity index (χ0n) is 8.30. The molecule has 1 aliphatic rings. The van der Waals surface area contributed by atoms with E-state index in [-0.39, 0.29) is 30.0 Å². The van der Waals surface area contributed by atoms with Crippen LogP contribution in [0.5, 0.6) is 0 Å². The zero-order valence-corrected chi connectivity index (χ0v) is 10.7. The number of hydrogen-bond donors (Lipinski definition) is 2. The first kappa shape index (κ1) is 13.4. The van der Waals surface area contributed by atoms with Crippen LogP contribution < -0.4 is 10.6 Å². The largest absolute Gasteiger partial charge is 0.322 e. The molecule has 0 unspecified atom stereocenters. The molecule has 1 fully saturated rings. The number of halogens is 3. The Hall–Kier alpha value is -0.650. The van der Waals surface area contributed by atoms with Crippen molar-refractivity contribution < 1.29 is 9.18 Å². The Kier molecular flexibility index (Phi) is 4.70. The maximum atomic E-state index is 13.3. The fourth-order valence-corrected chi connectivity index (χ4v) is 1.69. The van der Waals surface area contributed by atoms with Gasteiger partial charge in [0, 0.05) is 4.47 Å². The molecule has 0 saturated carbocycles. The van der Waals surface area contributed by atoms with Crippen LogP contribution in [0.3, 0.4) is 0 Å². The molecule has 1 aromatic carbocycles. The van der Waals surface area contributed by atoms with E-state index in [0.717, 1.165) is 17.4 Å². The van der Waals surface area contributed by atoms with Crippen LogP contribution in [0.2, 0.25) is 0 Å². The van der Waals surface area contributed by atoms with E-state index in [0.29, 0.717) is 0 Å². The minimum absolute atomic E-state index is 0. The Bertz CT molecular complexity index is 398. The minimum Gasteiger partial charge on any atom is -0.322 e. The summed E-state index contributed by atoms with van der Waals surface area (Å²) < 4.78 is 14.0. The van der Waals surface area contributed by atoms with Crippen molar-refractivity contribution in [3.8, 4) is 0 Å².